The van der Waals surface area contributed by atoms with Crippen LogP contribution in [0.2, 0.25) is 0 Å². The number of fused-ring (bicyclic) bond motifs is 1. The van der Waals surface area contributed by atoms with Crippen molar-refractivity contribution in [3.63, 3.8) is 0 Å². The van der Waals surface area contributed by atoms with E-state index in [0.717, 1.165) is 28.9 Å². The van der Waals surface area contributed by atoms with E-state index in [9.17, 15) is 27.6 Å². The highest BCUT2D eigenvalue weighted by Crippen LogP contribution is 2.32. The van der Waals surface area contributed by atoms with E-state index in [4.69, 9.17) is 0 Å². The summed E-state index contributed by atoms with van der Waals surface area (Å²) in [5.41, 5.74) is 2.49. The number of nitrogens with zero attached hydrogens (tertiary/aromatic N) is 1. The lowest BCUT2D eigenvalue weighted by molar-refractivity contribution is -0.137. The summed E-state index contributed by atoms with van der Waals surface area (Å²) in [6, 6.07) is 8.86. The van der Waals surface area contributed by atoms with E-state index in [2.05, 4.69) is 16.0 Å². The molecule has 1 fully saturated rings. The number of halogens is 3. The normalized spacial score (nSPS) is 18.3. The highest BCUT2D eigenvalue weighted by Gasteiger charge is 2.33. The average Bonchev–Trinajstić information content (AvgIpc) is 3.04. The minimum absolute atomic E-state index is 0.115. The SMILES string of the molecule is O=C1NC(=O)C(CC(=O)N2CCc3c(cccc3Nc3ccc(C(F)(F)F)cc3)C2)N1. The van der Waals surface area contributed by atoms with E-state index >= 15 is 0 Å². The third-order valence-corrected chi connectivity index (χ3v) is 5.35. The monoisotopic (exact) mass is 432 g/mol. The number of imide groups is 1. The fourth-order valence-electron chi connectivity index (χ4n) is 3.74. The number of rotatable bonds is 4. The van der Waals surface area contributed by atoms with E-state index in [0.29, 0.717) is 25.2 Å². The van der Waals surface area contributed by atoms with Gasteiger partial charge in [-0.15, -0.1) is 0 Å². The number of hydrogen-bond acceptors (Lipinski definition) is 4. The molecule has 162 valence electrons. The number of carbonyl (C=O) groups excluding carboxylic acids is 3. The Kier molecular flexibility index (Phi) is 5.30. The molecule has 0 bridgehead atoms. The maximum atomic E-state index is 12.7. The predicted molar refractivity (Wildman–Crippen MR) is 105 cm³/mol. The molecule has 0 aliphatic carbocycles. The van der Waals surface area contributed by atoms with Crippen LogP contribution in [0.4, 0.5) is 29.3 Å². The molecule has 10 heteroatoms. The van der Waals surface area contributed by atoms with Crippen molar-refractivity contribution in [1.82, 2.24) is 15.5 Å². The second kappa shape index (κ2) is 7.93. The number of nitrogens with one attached hydrogen (secondary N) is 3. The van der Waals surface area contributed by atoms with Gasteiger partial charge in [0.25, 0.3) is 5.91 Å². The van der Waals surface area contributed by atoms with Crippen molar-refractivity contribution in [3.05, 3.63) is 59.2 Å². The van der Waals surface area contributed by atoms with Crippen LogP contribution >= 0.6 is 0 Å². The molecule has 0 saturated carbocycles. The largest absolute Gasteiger partial charge is 0.416 e. The Morgan fingerprint density at radius 1 is 1.13 bits per heavy atom. The number of urea groups is 1. The third kappa shape index (κ3) is 4.47. The lowest BCUT2D eigenvalue weighted by Crippen LogP contribution is -2.41. The zero-order chi connectivity index (χ0) is 22.2. The Hall–Kier alpha value is -3.56. The van der Waals surface area contributed by atoms with Crippen LogP contribution in [0.25, 0.3) is 0 Å². The molecule has 2 heterocycles. The zero-order valence-electron chi connectivity index (χ0n) is 16.3. The van der Waals surface area contributed by atoms with Gasteiger partial charge in [-0.3, -0.25) is 14.9 Å². The van der Waals surface area contributed by atoms with Crippen LogP contribution < -0.4 is 16.0 Å². The van der Waals surface area contributed by atoms with Crippen LogP contribution in [0.5, 0.6) is 0 Å². The number of amides is 4. The molecule has 31 heavy (non-hydrogen) atoms. The molecule has 2 aromatic rings. The highest BCUT2D eigenvalue weighted by molar-refractivity contribution is 6.05. The predicted octanol–water partition coefficient (Wildman–Crippen LogP) is 2.93. The van der Waals surface area contributed by atoms with Crippen LogP contribution in [-0.4, -0.2) is 35.3 Å². The number of hydrogen-bond donors (Lipinski definition) is 3. The molecule has 2 aliphatic heterocycles. The first kappa shape index (κ1) is 20.7. The second-order valence-electron chi connectivity index (χ2n) is 7.43. The smallest absolute Gasteiger partial charge is 0.355 e. The summed E-state index contributed by atoms with van der Waals surface area (Å²) in [4.78, 5) is 37.1. The molecule has 7 nitrogen and oxygen atoms in total. The first-order valence-electron chi connectivity index (χ1n) is 9.65. The van der Waals surface area contributed by atoms with E-state index in [1.165, 1.54) is 12.1 Å². The van der Waals surface area contributed by atoms with Crippen molar-refractivity contribution in [3.8, 4) is 0 Å². The summed E-state index contributed by atoms with van der Waals surface area (Å²) in [6.07, 6.45) is -3.95. The van der Waals surface area contributed by atoms with E-state index in [-0.39, 0.29) is 12.3 Å². The molecular formula is C21H19F3N4O3. The van der Waals surface area contributed by atoms with Gasteiger partial charge < -0.3 is 15.5 Å². The Bertz CT molecular complexity index is 1040. The fraction of sp³-hybridized carbons (Fsp3) is 0.286. The van der Waals surface area contributed by atoms with Crippen molar-refractivity contribution in [2.45, 2.75) is 31.6 Å². The summed E-state index contributed by atoms with van der Waals surface area (Å²) >= 11 is 0. The minimum Gasteiger partial charge on any atom is -0.355 e. The van der Waals surface area contributed by atoms with Gasteiger partial charge in [-0.05, 0) is 47.9 Å². The standard InChI is InChI=1S/C21H19F3N4O3/c22-21(23,24)13-4-6-14(7-5-13)25-16-3-1-2-12-11-28(9-8-15(12)16)18(29)10-17-19(30)27-20(31)26-17/h1-7,17,25H,8-11H2,(H2,26,27,30,31). The van der Waals surface area contributed by atoms with Crippen LogP contribution in [0.15, 0.2) is 42.5 Å². The van der Waals surface area contributed by atoms with E-state index in [1.54, 1.807) is 4.90 Å². The van der Waals surface area contributed by atoms with E-state index in [1.807, 2.05) is 18.2 Å². The third-order valence-electron chi connectivity index (χ3n) is 5.35. The summed E-state index contributed by atoms with van der Waals surface area (Å²) in [5, 5.41) is 7.67. The van der Waals surface area contributed by atoms with Crippen LogP contribution in [0.1, 0.15) is 23.1 Å². The molecule has 3 N–H and O–H groups in total. The number of benzene rings is 2. The van der Waals surface area contributed by atoms with Gasteiger partial charge in [0.1, 0.15) is 6.04 Å². The van der Waals surface area contributed by atoms with Gasteiger partial charge in [0.05, 0.1) is 12.0 Å². The lowest BCUT2D eigenvalue weighted by Gasteiger charge is -2.31. The van der Waals surface area contributed by atoms with Gasteiger partial charge in [-0.25, -0.2) is 4.79 Å². The average molecular weight is 432 g/mol. The Balaban J connectivity index is 1.44. The molecule has 1 unspecified atom stereocenters. The minimum atomic E-state index is -4.39. The van der Waals surface area contributed by atoms with Crippen LogP contribution in [0, 0.1) is 0 Å². The first-order valence-corrected chi connectivity index (χ1v) is 9.65. The summed E-state index contributed by atoms with van der Waals surface area (Å²) in [5.74, 6) is -0.757. The van der Waals surface area contributed by atoms with Gasteiger partial charge in [0.15, 0.2) is 0 Å². The fourth-order valence-corrected chi connectivity index (χ4v) is 3.74. The number of alkyl halides is 3. The van der Waals surface area contributed by atoms with Crippen LogP contribution in [-0.2, 0) is 28.7 Å². The number of carbonyl (C=O) groups is 3. The molecule has 4 rings (SSSR count). The maximum absolute atomic E-state index is 12.7. The lowest BCUT2D eigenvalue weighted by atomic mass is 9.97. The summed E-state index contributed by atoms with van der Waals surface area (Å²) in [7, 11) is 0. The van der Waals surface area contributed by atoms with Crippen molar-refractivity contribution in [2.24, 2.45) is 0 Å². The number of anilines is 2. The Morgan fingerprint density at radius 2 is 1.87 bits per heavy atom. The van der Waals surface area contributed by atoms with Crippen molar-refractivity contribution in [1.29, 1.82) is 0 Å². The summed E-state index contributed by atoms with van der Waals surface area (Å²) < 4.78 is 38.2. The van der Waals surface area contributed by atoms with Crippen molar-refractivity contribution >= 4 is 29.2 Å². The van der Waals surface area contributed by atoms with Crippen molar-refractivity contribution < 1.29 is 27.6 Å². The molecule has 1 saturated heterocycles. The molecule has 1 atom stereocenters. The van der Waals surface area contributed by atoms with E-state index < -0.39 is 29.7 Å². The molecule has 2 aromatic carbocycles. The molecular weight excluding hydrogens is 413 g/mol. The van der Waals surface area contributed by atoms with Gasteiger partial charge in [-0.2, -0.15) is 13.2 Å². The molecule has 2 aliphatic rings. The quantitative estimate of drug-likeness (QED) is 0.648. The Morgan fingerprint density at radius 3 is 2.52 bits per heavy atom. The van der Waals surface area contributed by atoms with Crippen molar-refractivity contribution in [2.75, 3.05) is 11.9 Å². The maximum Gasteiger partial charge on any atom is 0.416 e. The van der Waals surface area contributed by atoms with Gasteiger partial charge in [0.2, 0.25) is 5.91 Å². The molecule has 0 spiro atoms. The molecule has 0 aromatic heterocycles. The second-order valence-corrected chi connectivity index (χ2v) is 7.43. The van der Waals surface area contributed by atoms with Gasteiger partial charge in [-0.1, -0.05) is 12.1 Å². The highest BCUT2D eigenvalue weighted by atomic mass is 19.4. The van der Waals surface area contributed by atoms with Gasteiger partial charge >= 0.3 is 12.2 Å². The molecule has 4 amide bonds. The first-order chi connectivity index (χ1) is 14.7. The van der Waals surface area contributed by atoms with Crippen LogP contribution in [0.3, 0.4) is 0 Å². The molecule has 0 radical (unpaired) electrons. The van der Waals surface area contributed by atoms with Gasteiger partial charge in [0, 0.05) is 24.5 Å². The Labute approximate surface area is 175 Å². The zero-order valence-corrected chi connectivity index (χ0v) is 16.3. The topological polar surface area (TPSA) is 90.5 Å². The summed E-state index contributed by atoms with van der Waals surface area (Å²) in [6.45, 7) is 0.777.